The molecule has 1 aromatic heterocycles. The molecule has 0 aliphatic carbocycles. The molecule has 3 aromatic rings. The first-order chi connectivity index (χ1) is 13.0. The number of aromatic hydroxyl groups is 1. The topological polar surface area (TPSA) is 69.2 Å². The molecule has 0 amide bonds. The van der Waals surface area contributed by atoms with Crippen LogP contribution in [0, 0.1) is 12.7 Å². The molecular formula is C21H20FN3O2. The highest BCUT2D eigenvalue weighted by molar-refractivity contribution is 5.55. The van der Waals surface area contributed by atoms with Crippen molar-refractivity contribution in [2.75, 3.05) is 6.54 Å². The van der Waals surface area contributed by atoms with Crippen LogP contribution in [-0.2, 0) is 19.5 Å². The maximum Gasteiger partial charge on any atom is 0.254 e. The normalized spacial score (nSPS) is 14.1. The fraction of sp³-hybridized carbons (Fsp3) is 0.238. The van der Waals surface area contributed by atoms with Gasteiger partial charge in [0, 0.05) is 36.3 Å². The van der Waals surface area contributed by atoms with Crippen molar-refractivity contribution in [3.8, 4) is 17.1 Å². The van der Waals surface area contributed by atoms with E-state index in [0.29, 0.717) is 43.0 Å². The number of aromatic nitrogens is 2. The van der Waals surface area contributed by atoms with Gasteiger partial charge in [-0.3, -0.25) is 9.69 Å². The number of benzene rings is 2. The number of hydrogen-bond donors (Lipinski definition) is 2. The van der Waals surface area contributed by atoms with Crippen LogP contribution in [0.5, 0.6) is 5.75 Å². The molecule has 0 fully saturated rings. The van der Waals surface area contributed by atoms with Crippen LogP contribution in [0.2, 0.25) is 0 Å². The van der Waals surface area contributed by atoms with Crippen molar-refractivity contribution in [2.45, 2.75) is 26.4 Å². The first-order valence-electron chi connectivity index (χ1n) is 8.89. The molecule has 6 heteroatoms. The number of nitrogens with zero attached hydrogens (tertiary/aromatic N) is 2. The molecule has 0 atom stereocenters. The smallest absolute Gasteiger partial charge is 0.254 e. The van der Waals surface area contributed by atoms with Crippen LogP contribution in [0.25, 0.3) is 11.4 Å². The van der Waals surface area contributed by atoms with Crippen molar-refractivity contribution in [3.63, 3.8) is 0 Å². The summed E-state index contributed by atoms with van der Waals surface area (Å²) in [4.78, 5) is 22.1. The van der Waals surface area contributed by atoms with Crippen LogP contribution < -0.4 is 5.56 Å². The van der Waals surface area contributed by atoms with Crippen LogP contribution >= 0.6 is 0 Å². The van der Waals surface area contributed by atoms with Crippen molar-refractivity contribution in [2.24, 2.45) is 0 Å². The fourth-order valence-corrected chi connectivity index (χ4v) is 3.41. The lowest BCUT2D eigenvalue weighted by molar-refractivity contribution is 0.236. The summed E-state index contributed by atoms with van der Waals surface area (Å²) in [6, 6.07) is 12.4. The Morgan fingerprint density at radius 2 is 2.00 bits per heavy atom. The van der Waals surface area contributed by atoms with Gasteiger partial charge in [0.25, 0.3) is 5.56 Å². The lowest BCUT2D eigenvalue weighted by Gasteiger charge is -2.28. The molecule has 0 unspecified atom stereocenters. The van der Waals surface area contributed by atoms with E-state index < -0.39 is 5.82 Å². The molecule has 2 heterocycles. The fourth-order valence-electron chi connectivity index (χ4n) is 3.41. The molecule has 0 bridgehead atoms. The third kappa shape index (κ3) is 3.48. The zero-order chi connectivity index (χ0) is 19.0. The second-order valence-corrected chi connectivity index (χ2v) is 6.91. The van der Waals surface area contributed by atoms with Gasteiger partial charge in [-0.2, -0.15) is 0 Å². The zero-order valence-electron chi connectivity index (χ0n) is 15.0. The number of aryl methyl sites for hydroxylation is 1. The maximum absolute atomic E-state index is 13.6. The van der Waals surface area contributed by atoms with Crippen molar-refractivity contribution in [3.05, 3.63) is 81.0 Å². The highest BCUT2D eigenvalue weighted by Gasteiger charge is 2.22. The van der Waals surface area contributed by atoms with Gasteiger partial charge in [-0.05, 0) is 19.4 Å². The Hall–Kier alpha value is -2.99. The molecule has 5 nitrogen and oxygen atoms in total. The summed E-state index contributed by atoms with van der Waals surface area (Å²) in [6.07, 6.45) is 0.571. The van der Waals surface area contributed by atoms with E-state index in [1.165, 1.54) is 6.07 Å². The van der Waals surface area contributed by atoms with E-state index in [1.807, 2.05) is 31.2 Å². The Morgan fingerprint density at radius 3 is 2.78 bits per heavy atom. The van der Waals surface area contributed by atoms with Gasteiger partial charge >= 0.3 is 0 Å². The Balaban J connectivity index is 1.62. The van der Waals surface area contributed by atoms with Crippen molar-refractivity contribution in [1.29, 1.82) is 0 Å². The number of phenols is 1. The first kappa shape index (κ1) is 17.4. The van der Waals surface area contributed by atoms with Crippen LogP contribution in [-0.4, -0.2) is 26.5 Å². The summed E-state index contributed by atoms with van der Waals surface area (Å²) in [5.41, 5.74) is 3.86. The van der Waals surface area contributed by atoms with Crippen LogP contribution in [0.15, 0.2) is 47.3 Å². The zero-order valence-corrected chi connectivity index (χ0v) is 15.0. The van der Waals surface area contributed by atoms with E-state index in [2.05, 4.69) is 14.9 Å². The molecule has 0 radical (unpaired) electrons. The van der Waals surface area contributed by atoms with E-state index in [-0.39, 0.29) is 11.3 Å². The van der Waals surface area contributed by atoms with Gasteiger partial charge in [0.05, 0.1) is 5.69 Å². The Kier molecular flexibility index (Phi) is 4.49. The number of phenolic OH excluding ortho intramolecular Hbond substituents is 1. The van der Waals surface area contributed by atoms with Gasteiger partial charge in [0.15, 0.2) is 11.6 Å². The average molecular weight is 365 g/mol. The Morgan fingerprint density at radius 1 is 1.22 bits per heavy atom. The number of hydrogen-bond acceptors (Lipinski definition) is 4. The number of fused-ring (bicyclic) bond motifs is 1. The summed E-state index contributed by atoms with van der Waals surface area (Å²) in [7, 11) is 0. The molecule has 0 saturated heterocycles. The molecule has 0 spiro atoms. The number of halogens is 1. The predicted molar refractivity (Wildman–Crippen MR) is 101 cm³/mol. The standard InChI is InChI=1S/C21H20FN3O2/c1-13-5-7-14(8-6-13)20-23-18-12-25(10-9-16(18)21(27)24-20)11-15-3-2-4-17(22)19(15)26/h2-8,26H,9-12H2,1H3,(H,23,24,27). The van der Waals surface area contributed by atoms with E-state index in [1.54, 1.807) is 12.1 Å². The van der Waals surface area contributed by atoms with Gasteiger partial charge in [-0.15, -0.1) is 0 Å². The van der Waals surface area contributed by atoms with Crippen molar-refractivity contribution < 1.29 is 9.50 Å². The number of para-hydroxylation sites is 1. The number of aromatic amines is 1. The molecular weight excluding hydrogens is 345 g/mol. The quantitative estimate of drug-likeness (QED) is 0.748. The average Bonchev–Trinajstić information content (AvgIpc) is 2.66. The van der Waals surface area contributed by atoms with Gasteiger partial charge in [0.2, 0.25) is 0 Å². The minimum atomic E-state index is -0.624. The van der Waals surface area contributed by atoms with Crippen LogP contribution in [0.3, 0.4) is 0 Å². The number of nitrogens with one attached hydrogen (secondary N) is 1. The molecule has 27 heavy (non-hydrogen) atoms. The maximum atomic E-state index is 13.6. The van der Waals surface area contributed by atoms with E-state index in [9.17, 15) is 14.3 Å². The van der Waals surface area contributed by atoms with E-state index >= 15 is 0 Å². The number of H-pyrrole nitrogens is 1. The third-order valence-electron chi connectivity index (χ3n) is 4.94. The molecule has 138 valence electrons. The molecule has 0 saturated carbocycles. The monoisotopic (exact) mass is 365 g/mol. The number of rotatable bonds is 3. The van der Waals surface area contributed by atoms with Gasteiger partial charge in [-0.25, -0.2) is 9.37 Å². The first-order valence-corrected chi connectivity index (χ1v) is 8.89. The lowest BCUT2D eigenvalue weighted by Crippen LogP contribution is -2.35. The Bertz CT molecular complexity index is 1040. The minimum absolute atomic E-state index is 0.108. The largest absolute Gasteiger partial charge is 0.505 e. The Labute approximate surface area is 156 Å². The highest BCUT2D eigenvalue weighted by atomic mass is 19.1. The van der Waals surface area contributed by atoms with Gasteiger partial charge < -0.3 is 10.1 Å². The van der Waals surface area contributed by atoms with Crippen LogP contribution in [0.4, 0.5) is 4.39 Å². The van der Waals surface area contributed by atoms with Gasteiger partial charge in [0.1, 0.15) is 5.82 Å². The van der Waals surface area contributed by atoms with E-state index in [4.69, 9.17) is 0 Å². The third-order valence-corrected chi connectivity index (χ3v) is 4.94. The predicted octanol–water partition coefficient (Wildman–Crippen LogP) is 3.15. The SMILES string of the molecule is Cc1ccc(-c2nc3c(c(=O)[nH]2)CCN(Cc2cccc(F)c2O)C3)cc1. The summed E-state index contributed by atoms with van der Waals surface area (Å²) < 4.78 is 13.6. The van der Waals surface area contributed by atoms with E-state index in [0.717, 1.165) is 16.8 Å². The van der Waals surface area contributed by atoms with Gasteiger partial charge in [-0.1, -0.05) is 42.0 Å². The molecule has 2 N–H and O–H groups in total. The molecule has 1 aliphatic rings. The molecule has 4 rings (SSSR count). The summed E-state index contributed by atoms with van der Waals surface area (Å²) in [5, 5.41) is 9.91. The lowest BCUT2D eigenvalue weighted by atomic mass is 10.0. The minimum Gasteiger partial charge on any atom is -0.505 e. The second-order valence-electron chi connectivity index (χ2n) is 6.91. The molecule has 1 aliphatic heterocycles. The van der Waals surface area contributed by atoms with Crippen LogP contribution in [0.1, 0.15) is 22.4 Å². The summed E-state index contributed by atoms with van der Waals surface area (Å²) in [6.45, 7) is 3.54. The summed E-state index contributed by atoms with van der Waals surface area (Å²) >= 11 is 0. The molecule has 2 aromatic carbocycles. The van der Waals surface area contributed by atoms with Crippen molar-refractivity contribution >= 4 is 0 Å². The summed E-state index contributed by atoms with van der Waals surface area (Å²) in [5.74, 6) is -0.391. The second kappa shape index (κ2) is 6.96. The van der Waals surface area contributed by atoms with Crippen molar-refractivity contribution in [1.82, 2.24) is 14.9 Å². The highest BCUT2D eigenvalue weighted by Crippen LogP contribution is 2.25.